The summed E-state index contributed by atoms with van der Waals surface area (Å²) in [6, 6.07) is -0.929. The van der Waals surface area contributed by atoms with Crippen LogP contribution in [0.4, 0.5) is 0 Å². The molecule has 0 radical (unpaired) electrons. The maximum Gasteiger partial charge on any atom is 0.246 e. The summed E-state index contributed by atoms with van der Waals surface area (Å²) in [5.41, 5.74) is 0. The summed E-state index contributed by atoms with van der Waals surface area (Å²) in [6.07, 6.45) is 1.19. The molecule has 116 valence electrons. The number of rotatable bonds is 5. The smallest absolute Gasteiger partial charge is 0.246 e. The molecule has 21 heavy (non-hydrogen) atoms. The van der Waals surface area contributed by atoms with Crippen molar-refractivity contribution in [2.24, 2.45) is 13.0 Å². The quantitative estimate of drug-likeness (QED) is 0.816. The van der Waals surface area contributed by atoms with E-state index in [9.17, 15) is 9.59 Å². The Bertz CT molecular complexity index is 526. The average Bonchev–Trinajstić information content (AvgIpc) is 2.82. The van der Waals surface area contributed by atoms with E-state index in [4.69, 9.17) is 0 Å². The molecule has 2 unspecified atom stereocenters. The third-order valence-electron chi connectivity index (χ3n) is 3.54. The van der Waals surface area contributed by atoms with Crippen molar-refractivity contribution in [3.63, 3.8) is 0 Å². The van der Waals surface area contributed by atoms with Crippen LogP contribution in [-0.4, -0.2) is 49.0 Å². The Kier molecular flexibility index (Phi) is 4.54. The first-order valence-electron chi connectivity index (χ1n) is 7.26. The van der Waals surface area contributed by atoms with Gasteiger partial charge in [0.1, 0.15) is 12.1 Å². The number of tetrazole rings is 1. The second-order valence-corrected chi connectivity index (χ2v) is 5.78. The fourth-order valence-corrected chi connectivity index (χ4v) is 2.51. The Morgan fingerprint density at radius 2 is 2.05 bits per heavy atom. The molecule has 1 aromatic heterocycles. The Hall–Kier alpha value is -1.99. The van der Waals surface area contributed by atoms with Gasteiger partial charge in [-0.15, -0.1) is 10.2 Å². The predicted molar refractivity (Wildman–Crippen MR) is 74.8 cm³/mol. The highest BCUT2D eigenvalue weighted by atomic mass is 16.2. The lowest BCUT2D eigenvalue weighted by molar-refractivity contribution is -0.150. The lowest BCUT2D eigenvalue weighted by Gasteiger charge is -2.38. The van der Waals surface area contributed by atoms with Gasteiger partial charge in [0.2, 0.25) is 11.8 Å². The highest BCUT2D eigenvalue weighted by molar-refractivity contribution is 5.96. The zero-order chi connectivity index (χ0) is 15.6. The van der Waals surface area contributed by atoms with Gasteiger partial charge in [-0.25, -0.2) is 0 Å². The molecule has 1 aliphatic heterocycles. The highest BCUT2D eigenvalue weighted by Crippen LogP contribution is 2.20. The summed E-state index contributed by atoms with van der Waals surface area (Å²) < 4.78 is 0. The third kappa shape index (κ3) is 3.37. The molecule has 1 fully saturated rings. The summed E-state index contributed by atoms with van der Waals surface area (Å²) in [7, 11) is 1.67. The van der Waals surface area contributed by atoms with Crippen LogP contribution in [0.25, 0.3) is 0 Å². The van der Waals surface area contributed by atoms with Gasteiger partial charge in [0.05, 0.1) is 13.6 Å². The number of carbonyl (C=O) groups excluding carboxylic acids is 2. The molecule has 0 bridgehead atoms. The van der Waals surface area contributed by atoms with Crippen molar-refractivity contribution in [3.8, 4) is 0 Å². The molecule has 2 rings (SSSR count). The van der Waals surface area contributed by atoms with Crippen LogP contribution in [0, 0.1) is 5.92 Å². The van der Waals surface area contributed by atoms with Gasteiger partial charge in [-0.05, 0) is 24.0 Å². The van der Waals surface area contributed by atoms with Crippen molar-refractivity contribution >= 4 is 11.8 Å². The van der Waals surface area contributed by atoms with Crippen molar-refractivity contribution < 1.29 is 9.59 Å². The minimum absolute atomic E-state index is 0.0739. The van der Waals surface area contributed by atoms with Crippen LogP contribution >= 0.6 is 0 Å². The number of hydrogen-bond donors (Lipinski definition) is 1. The van der Waals surface area contributed by atoms with E-state index in [0.717, 1.165) is 0 Å². The Balaban J connectivity index is 2.23. The number of carbonyl (C=O) groups is 2. The first-order chi connectivity index (χ1) is 9.92. The number of aryl methyl sites for hydroxylation is 1. The van der Waals surface area contributed by atoms with E-state index >= 15 is 0 Å². The van der Waals surface area contributed by atoms with Gasteiger partial charge in [-0.3, -0.25) is 9.59 Å². The van der Waals surface area contributed by atoms with Crippen molar-refractivity contribution in [1.82, 2.24) is 30.4 Å². The molecule has 2 atom stereocenters. The van der Waals surface area contributed by atoms with E-state index < -0.39 is 12.1 Å². The maximum atomic E-state index is 12.5. The van der Waals surface area contributed by atoms with Crippen LogP contribution < -0.4 is 5.32 Å². The van der Waals surface area contributed by atoms with Gasteiger partial charge >= 0.3 is 0 Å². The van der Waals surface area contributed by atoms with E-state index in [-0.39, 0.29) is 18.4 Å². The first kappa shape index (κ1) is 15.4. The summed E-state index contributed by atoms with van der Waals surface area (Å²) >= 11 is 0. The molecule has 2 heterocycles. The number of nitrogens with zero attached hydrogens (tertiary/aromatic N) is 5. The van der Waals surface area contributed by atoms with Crippen LogP contribution in [0.1, 0.15) is 39.4 Å². The molecule has 0 spiro atoms. The van der Waals surface area contributed by atoms with Crippen LogP contribution in [0.5, 0.6) is 0 Å². The molecule has 1 saturated heterocycles. The molecule has 1 aliphatic rings. The summed E-state index contributed by atoms with van der Waals surface area (Å²) in [5, 5.41) is 14.6. The third-order valence-corrected chi connectivity index (χ3v) is 3.54. The zero-order valence-corrected chi connectivity index (χ0v) is 12.9. The molecule has 0 aromatic carbocycles. The summed E-state index contributed by atoms with van der Waals surface area (Å²) in [6.45, 7) is 6.16. The van der Waals surface area contributed by atoms with Gasteiger partial charge < -0.3 is 10.2 Å². The fraction of sp³-hybridized carbons (Fsp3) is 0.769. The zero-order valence-electron chi connectivity index (χ0n) is 12.9. The fourth-order valence-electron chi connectivity index (χ4n) is 2.51. The number of aromatic nitrogens is 4. The molecular formula is C13H22N6O2. The molecule has 8 heteroatoms. The van der Waals surface area contributed by atoms with Crippen LogP contribution in [0.15, 0.2) is 0 Å². The van der Waals surface area contributed by atoms with Gasteiger partial charge in [0, 0.05) is 0 Å². The number of amides is 2. The van der Waals surface area contributed by atoms with Gasteiger partial charge in [0.15, 0.2) is 5.82 Å². The van der Waals surface area contributed by atoms with Gasteiger partial charge in [-0.1, -0.05) is 20.8 Å². The van der Waals surface area contributed by atoms with Crippen LogP contribution in [-0.2, 0) is 23.2 Å². The topological polar surface area (TPSA) is 93.0 Å². The summed E-state index contributed by atoms with van der Waals surface area (Å²) in [4.78, 5) is 27.8. The molecular weight excluding hydrogens is 272 g/mol. The monoisotopic (exact) mass is 294 g/mol. The second-order valence-electron chi connectivity index (χ2n) is 5.78. The van der Waals surface area contributed by atoms with Crippen molar-refractivity contribution in [2.45, 2.75) is 52.2 Å². The normalized spacial score (nSPS) is 22.8. The van der Waals surface area contributed by atoms with E-state index in [1.807, 2.05) is 20.8 Å². The standard InChI is InChI=1S/C13H22N6O2/c1-5-9-13(21)19(7-11-15-17-18(4)16-11)10(6-8(2)3)12(20)14-9/h8-10H,5-7H2,1-4H3,(H,14,20). The molecule has 8 nitrogen and oxygen atoms in total. The lowest BCUT2D eigenvalue weighted by Crippen LogP contribution is -2.63. The van der Waals surface area contributed by atoms with Crippen LogP contribution in [0.3, 0.4) is 0 Å². The predicted octanol–water partition coefficient (Wildman–Crippen LogP) is -0.138. The highest BCUT2D eigenvalue weighted by Gasteiger charge is 2.40. The molecule has 1 aromatic rings. The number of nitrogens with one attached hydrogen (secondary N) is 1. The van der Waals surface area contributed by atoms with Crippen LogP contribution in [0.2, 0.25) is 0 Å². The van der Waals surface area contributed by atoms with Gasteiger partial charge in [0.25, 0.3) is 0 Å². The van der Waals surface area contributed by atoms with E-state index in [2.05, 4.69) is 20.7 Å². The van der Waals surface area contributed by atoms with Gasteiger partial charge in [-0.2, -0.15) is 4.80 Å². The summed E-state index contributed by atoms with van der Waals surface area (Å²) in [5.74, 6) is 0.586. The molecule has 2 amide bonds. The van der Waals surface area contributed by atoms with E-state index in [1.165, 1.54) is 4.80 Å². The minimum Gasteiger partial charge on any atom is -0.343 e. The first-order valence-corrected chi connectivity index (χ1v) is 7.26. The minimum atomic E-state index is -0.468. The lowest BCUT2D eigenvalue weighted by atomic mass is 9.97. The Labute approximate surface area is 123 Å². The molecule has 1 N–H and O–H groups in total. The molecule has 0 saturated carbocycles. The SMILES string of the molecule is CCC1NC(=O)C(CC(C)C)N(Cc2nnn(C)n2)C1=O. The van der Waals surface area contributed by atoms with Crippen molar-refractivity contribution in [2.75, 3.05) is 0 Å². The largest absolute Gasteiger partial charge is 0.343 e. The number of hydrogen-bond acceptors (Lipinski definition) is 5. The Morgan fingerprint density at radius 1 is 1.33 bits per heavy atom. The van der Waals surface area contributed by atoms with E-state index in [0.29, 0.717) is 24.6 Å². The number of piperazine rings is 1. The Morgan fingerprint density at radius 3 is 2.57 bits per heavy atom. The van der Waals surface area contributed by atoms with Crippen molar-refractivity contribution in [3.05, 3.63) is 5.82 Å². The van der Waals surface area contributed by atoms with E-state index in [1.54, 1.807) is 11.9 Å². The van der Waals surface area contributed by atoms with Crippen molar-refractivity contribution in [1.29, 1.82) is 0 Å². The molecule has 0 aliphatic carbocycles. The second kappa shape index (κ2) is 6.19. The average molecular weight is 294 g/mol. The maximum absolute atomic E-state index is 12.5.